The first kappa shape index (κ1) is 20.4. The third kappa shape index (κ3) is 4.57. The molecule has 1 aromatic heterocycles. The summed E-state index contributed by atoms with van der Waals surface area (Å²) in [6, 6.07) is 6.96. The first-order chi connectivity index (χ1) is 13.9. The number of amides is 2. The lowest BCUT2D eigenvalue weighted by molar-refractivity contribution is -0.131. The van der Waals surface area contributed by atoms with Gasteiger partial charge in [0.2, 0.25) is 11.8 Å². The van der Waals surface area contributed by atoms with Crippen LogP contribution >= 0.6 is 0 Å². The number of carbonyl (C=O) groups excluding carboxylic acids is 2. The van der Waals surface area contributed by atoms with Crippen molar-refractivity contribution >= 4 is 22.6 Å². The van der Waals surface area contributed by atoms with Crippen molar-refractivity contribution in [3.05, 3.63) is 30.0 Å². The number of ether oxygens (including phenoxy) is 2. The number of hydrogen-bond acceptors (Lipinski definition) is 6. The maximum Gasteiger partial charge on any atom is 0.252 e. The molecule has 1 aromatic carbocycles. The normalized spacial score (nSPS) is 16.1. The first-order valence-electron chi connectivity index (χ1n) is 9.59. The monoisotopic (exact) mass is 396 g/mol. The van der Waals surface area contributed by atoms with Crippen LogP contribution in [0.15, 0.2) is 24.4 Å². The van der Waals surface area contributed by atoms with E-state index in [0.717, 1.165) is 18.2 Å². The molecule has 0 bridgehead atoms. The van der Waals surface area contributed by atoms with Gasteiger partial charge in [-0.3, -0.25) is 9.59 Å². The summed E-state index contributed by atoms with van der Waals surface area (Å²) in [5.41, 5.74) is 5.80. The number of primary amides is 1. The second kappa shape index (κ2) is 8.78. The Morgan fingerprint density at radius 2 is 2.21 bits per heavy atom. The standard InChI is InChI=1S/C21H24N4O4/c1-13(2)29-18-11-16-14(10-17(18)20(23)27)6-8-24-21(16)28-12-15-4-3-9-25(15)19(26)5-7-22/h6,8,10-11,13,15H,3-5,9,12H2,1-2H3,(H2,23,27)/t15-/m1/s1. The fraction of sp³-hybridized carbons (Fsp3) is 0.429. The quantitative estimate of drug-likeness (QED) is 0.768. The largest absolute Gasteiger partial charge is 0.490 e. The molecular formula is C21H24N4O4. The number of hydrogen-bond donors (Lipinski definition) is 1. The van der Waals surface area contributed by atoms with Crippen molar-refractivity contribution in [1.82, 2.24) is 9.88 Å². The highest BCUT2D eigenvalue weighted by Gasteiger charge is 2.29. The highest BCUT2D eigenvalue weighted by atomic mass is 16.5. The van der Waals surface area contributed by atoms with Crippen molar-refractivity contribution in [3.63, 3.8) is 0 Å². The molecule has 1 aliphatic rings. The van der Waals surface area contributed by atoms with E-state index in [2.05, 4.69) is 4.98 Å². The molecule has 0 unspecified atom stereocenters. The van der Waals surface area contributed by atoms with E-state index in [1.165, 1.54) is 0 Å². The molecule has 1 fully saturated rings. The van der Waals surface area contributed by atoms with E-state index in [1.807, 2.05) is 19.9 Å². The molecule has 29 heavy (non-hydrogen) atoms. The van der Waals surface area contributed by atoms with Crippen molar-refractivity contribution in [3.8, 4) is 17.7 Å². The smallest absolute Gasteiger partial charge is 0.252 e. The van der Waals surface area contributed by atoms with Gasteiger partial charge in [-0.05, 0) is 50.3 Å². The summed E-state index contributed by atoms with van der Waals surface area (Å²) < 4.78 is 11.7. The number of rotatable bonds is 7. The summed E-state index contributed by atoms with van der Waals surface area (Å²) in [6.45, 7) is 4.64. The Balaban J connectivity index is 1.87. The molecule has 2 amide bonds. The minimum absolute atomic E-state index is 0.0933. The number of fused-ring (bicyclic) bond motifs is 1. The van der Waals surface area contributed by atoms with Gasteiger partial charge in [-0.15, -0.1) is 0 Å². The molecule has 1 saturated heterocycles. The average Bonchev–Trinajstić information content (AvgIpc) is 3.14. The summed E-state index contributed by atoms with van der Waals surface area (Å²) in [6.07, 6.45) is 3.02. The highest BCUT2D eigenvalue weighted by molar-refractivity contribution is 6.01. The number of nitrogens with two attached hydrogens (primary N) is 1. The van der Waals surface area contributed by atoms with Crippen LogP contribution in [0.3, 0.4) is 0 Å². The summed E-state index contributed by atoms with van der Waals surface area (Å²) >= 11 is 0. The van der Waals surface area contributed by atoms with Crippen molar-refractivity contribution in [2.24, 2.45) is 5.73 Å². The van der Waals surface area contributed by atoms with E-state index < -0.39 is 5.91 Å². The predicted octanol–water partition coefficient (Wildman–Crippen LogP) is 2.40. The molecule has 8 heteroatoms. The van der Waals surface area contributed by atoms with Gasteiger partial charge >= 0.3 is 0 Å². The molecule has 0 saturated carbocycles. The van der Waals surface area contributed by atoms with E-state index in [9.17, 15) is 9.59 Å². The second-order valence-corrected chi connectivity index (χ2v) is 7.25. The molecule has 2 N–H and O–H groups in total. The fourth-order valence-corrected chi connectivity index (χ4v) is 3.52. The van der Waals surface area contributed by atoms with E-state index in [1.54, 1.807) is 29.3 Å². The van der Waals surface area contributed by atoms with Gasteiger partial charge in [-0.2, -0.15) is 5.26 Å². The number of nitrogens with zero attached hydrogens (tertiary/aromatic N) is 3. The van der Waals surface area contributed by atoms with Gasteiger partial charge in [0, 0.05) is 18.1 Å². The van der Waals surface area contributed by atoms with E-state index >= 15 is 0 Å². The van der Waals surface area contributed by atoms with Crippen LogP contribution in [0.2, 0.25) is 0 Å². The van der Waals surface area contributed by atoms with Crippen LogP contribution in [0.25, 0.3) is 10.8 Å². The Labute approximate surface area is 169 Å². The van der Waals surface area contributed by atoms with Crippen molar-refractivity contribution in [1.29, 1.82) is 5.26 Å². The molecule has 0 aliphatic carbocycles. The zero-order valence-electron chi connectivity index (χ0n) is 16.6. The SMILES string of the molecule is CC(C)Oc1cc2c(OC[C@H]3CCCN3C(=O)CC#N)nccc2cc1C(N)=O. The highest BCUT2D eigenvalue weighted by Crippen LogP contribution is 2.32. The van der Waals surface area contributed by atoms with Crippen molar-refractivity contribution < 1.29 is 19.1 Å². The van der Waals surface area contributed by atoms with Gasteiger partial charge < -0.3 is 20.1 Å². The Bertz CT molecular complexity index is 967. The lowest BCUT2D eigenvalue weighted by Crippen LogP contribution is -2.38. The van der Waals surface area contributed by atoms with Crippen molar-refractivity contribution in [2.45, 2.75) is 45.3 Å². The minimum atomic E-state index is -0.570. The third-order valence-electron chi connectivity index (χ3n) is 4.80. The molecule has 3 rings (SSSR count). The van der Waals surface area contributed by atoms with Crippen molar-refractivity contribution in [2.75, 3.05) is 13.2 Å². The summed E-state index contributed by atoms with van der Waals surface area (Å²) in [4.78, 5) is 29.9. The Morgan fingerprint density at radius 3 is 2.90 bits per heavy atom. The minimum Gasteiger partial charge on any atom is -0.490 e. The third-order valence-corrected chi connectivity index (χ3v) is 4.80. The number of benzene rings is 1. The zero-order valence-corrected chi connectivity index (χ0v) is 16.6. The lowest BCUT2D eigenvalue weighted by Gasteiger charge is -2.24. The van der Waals surface area contributed by atoms with Gasteiger partial charge in [-0.25, -0.2) is 4.98 Å². The second-order valence-electron chi connectivity index (χ2n) is 7.25. The van der Waals surface area contributed by atoms with Crippen LogP contribution in [0.5, 0.6) is 11.6 Å². The number of carbonyl (C=O) groups is 2. The van der Waals surface area contributed by atoms with Gasteiger partial charge in [0.15, 0.2) is 0 Å². The Morgan fingerprint density at radius 1 is 1.41 bits per heavy atom. The van der Waals surface area contributed by atoms with Crippen LogP contribution in [0, 0.1) is 11.3 Å². The zero-order chi connectivity index (χ0) is 21.0. The fourth-order valence-electron chi connectivity index (χ4n) is 3.52. The van der Waals surface area contributed by atoms with Crippen LogP contribution < -0.4 is 15.2 Å². The predicted molar refractivity (Wildman–Crippen MR) is 106 cm³/mol. The first-order valence-corrected chi connectivity index (χ1v) is 9.59. The number of likely N-dealkylation sites (tertiary alicyclic amines) is 1. The topological polar surface area (TPSA) is 119 Å². The number of nitriles is 1. The summed E-state index contributed by atoms with van der Waals surface area (Å²) in [7, 11) is 0. The van der Waals surface area contributed by atoms with Crippen LogP contribution in [0.4, 0.5) is 0 Å². The molecule has 1 aliphatic heterocycles. The van der Waals surface area contributed by atoms with E-state index in [4.69, 9.17) is 20.5 Å². The maximum atomic E-state index is 12.1. The van der Waals surface area contributed by atoms with Gasteiger partial charge in [-0.1, -0.05) is 0 Å². The summed E-state index contributed by atoms with van der Waals surface area (Å²) in [5, 5.41) is 10.2. The summed E-state index contributed by atoms with van der Waals surface area (Å²) in [5.74, 6) is 0.0267. The Kier molecular flexibility index (Phi) is 6.17. The van der Waals surface area contributed by atoms with Gasteiger partial charge in [0.1, 0.15) is 18.8 Å². The number of pyridine rings is 1. The van der Waals surface area contributed by atoms with Crippen LogP contribution in [-0.4, -0.2) is 47.0 Å². The maximum absolute atomic E-state index is 12.1. The molecule has 152 valence electrons. The Hall–Kier alpha value is -3.34. The van der Waals surface area contributed by atoms with Crippen LogP contribution in [-0.2, 0) is 4.79 Å². The molecule has 2 aromatic rings. The van der Waals surface area contributed by atoms with Gasteiger partial charge in [0.25, 0.3) is 5.91 Å². The van der Waals surface area contributed by atoms with Gasteiger partial charge in [0.05, 0.1) is 23.8 Å². The lowest BCUT2D eigenvalue weighted by atomic mass is 10.1. The number of aromatic nitrogens is 1. The molecule has 0 radical (unpaired) electrons. The van der Waals surface area contributed by atoms with Crippen LogP contribution in [0.1, 0.15) is 43.5 Å². The van der Waals surface area contributed by atoms with E-state index in [0.29, 0.717) is 29.1 Å². The molecule has 0 spiro atoms. The molecule has 1 atom stereocenters. The van der Waals surface area contributed by atoms with E-state index in [-0.39, 0.29) is 31.1 Å². The molecule has 2 heterocycles. The average molecular weight is 396 g/mol. The molecular weight excluding hydrogens is 372 g/mol. The molecule has 8 nitrogen and oxygen atoms in total.